The molecule has 1 aliphatic rings. The van der Waals surface area contributed by atoms with E-state index in [-0.39, 0.29) is 24.2 Å². The molecule has 1 aromatic carbocycles. The van der Waals surface area contributed by atoms with Crippen LogP contribution in [-0.4, -0.2) is 57.4 Å². The van der Waals surface area contributed by atoms with Crippen molar-refractivity contribution in [2.75, 3.05) is 13.1 Å². The van der Waals surface area contributed by atoms with Crippen LogP contribution in [0.3, 0.4) is 0 Å². The number of benzene rings is 1. The molecule has 0 bridgehead atoms. The summed E-state index contributed by atoms with van der Waals surface area (Å²) in [5.41, 5.74) is 0.122. The molecule has 1 heterocycles. The van der Waals surface area contributed by atoms with E-state index in [1.165, 1.54) is 17.0 Å². The van der Waals surface area contributed by atoms with Crippen molar-refractivity contribution in [1.29, 1.82) is 0 Å². The molecule has 2 rings (SSSR count). The molecule has 1 saturated heterocycles. The second-order valence-electron chi connectivity index (χ2n) is 4.75. The van der Waals surface area contributed by atoms with Crippen LogP contribution < -0.4 is 0 Å². The fourth-order valence-corrected chi connectivity index (χ4v) is 2.07. The third-order valence-electron chi connectivity index (χ3n) is 3.20. The Morgan fingerprint density at radius 1 is 1.24 bits per heavy atom. The zero-order valence-corrected chi connectivity index (χ0v) is 10.9. The van der Waals surface area contributed by atoms with E-state index in [9.17, 15) is 24.2 Å². The monoisotopic (exact) mass is 295 g/mol. The molecule has 3 N–H and O–H groups in total. The first kappa shape index (κ1) is 15.1. The Morgan fingerprint density at radius 3 is 2.38 bits per heavy atom. The second-order valence-corrected chi connectivity index (χ2v) is 4.75. The van der Waals surface area contributed by atoms with Gasteiger partial charge in [-0.15, -0.1) is 0 Å². The smallest absolute Gasteiger partial charge is 0.328 e. The van der Waals surface area contributed by atoms with Gasteiger partial charge in [-0.1, -0.05) is 6.07 Å². The van der Waals surface area contributed by atoms with E-state index < -0.39 is 29.9 Å². The molecule has 21 heavy (non-hydrogen) atoms. The number of halogens is 1. The van der Waals surface area contributed by atoms with Crippen LogP contribution in [0.25, 0.3) is 6.08 Å². The van der Waals surface area contributed by atoms with E-state index in [1.54, 1.807) is 0 Å². The molecule has 0 aromatic heterocycles. The quantitative estimate of drug-likeness (QED) is 0.687. The zero-order chi connectivity index (χ0) is 15.6. The predicted octanol–water partition coefficient (Wildman–Crippen LogP) is 0.101. The first-order valence-electron chi connectivity index (χ1n) is 6.24. The van der Waals surface area contributed by atoms with Gasteiger partial charge in [0.2, 0.25) is 0 Å². The number of aliphatic hydroxyl groups excluding tert-OH is 2. The lowest BCUT2D eigenvalue weighted by Gasteiger charge is -2.15. The van der Waals surface area contributed by atoms with Gasteiger partial charge in [-0.05, 0) is 18.2 Å². The molecule has 0 aliphatic carbocycles. The molecule has 1 fully saturated rings. The number of nitrogens with zero attached hydrogens (tertiary/aromatic N) is 1. The first-order chi connectivity index (χ1) is 9.88. The average Bonchev–Trinajstić information content (AvgIpc) is 2.76. The van der Waals surface area contributed by atoms with E-state index in [0.29, 0.717) is 0 Å². The standard InChI is InChI=1S/C14H14FNO5/c15-10-5-9(2-1-8(10)3-4-13(19)20)14(21)16-6-11(17)12(18)7-16/h1-5,11-12,17-18H,6-7H2,(H,19,20)/b4-3+. The fourth-order valence-electron chi connectivity index (χ4n) is 2.07. The Labute approximate surface area is 119 Å². The van der Waals surface area contributed by atoms with Crippen molar-refractivity contribution in [2.24, 2.45) is 0 Å². The minimum atomic E-state index is -1.20. The molecule has 2 atom stereocenters. The number of carboxylic acid groups (broad SMARTS) is 1. The van der Waals surface area contributed by atoms with Crippen LogP contribution in [0.1, 0.15) is 15.9 Å². The summed E-state index contributed by atoms with van der Waals surface area (Å²) in [6.45, 7) is -0.0232. The van der Waals surface area contributed by atoms with Crippen LogP contribution in [-0.2, 0) is 4.79 Å². The summed E-state index contributed by atoms with van der Waals surface area (Å²) >= 11 is 0. The Balaban J connectivity index is 2.16. The highest BCUT2D eigenvalue weighted by molar-refractivity contribution is 5.95. The summed E-state index contributed by atoms with van der Waals surface area (Å²) in [4.78, 5) is 23.7. The van der Waals surface area contributed by atoms with Crippen molar-refractivity contribution in [3.8, 4) is 0 Å². The Morgan fingerprint density at radius 2 is 1.86 bits per heavy atom. The number of rotatable bonds is 3. The Kier molecular flexibility index (Phi) is 4.35. The molecule has 112 valence electrons. The van der Waals surface area contributed by atoms with Gasteiger partial charge in [0, 0.05) is 30.3 Å². The Bertz CT molecular complexity index is 591. The highest BCUT2D eigenvalue weighted by atomic mass is 19.1. The van der Waals surface area contributed by atoms with Crippen molar-refractivity contribution < 1.29 is 29.3 Å². The van der Waals surface area contributed by atoms with Crippen LogP contribution in [0, 0.1) is 5.82 Å². The van der Waals surface area contributed by atoms with Crippen molar-refractivity contribution in [3.63, 3.8) is 0 Å². The van der Waals surface area contributed by atoms with E-state index in [0.717, 1.165) is 18.2 Å². The van der Waals surface area contributed by atoms with E-state index in [4.69, 9.17) is 5.11 Å². The second kappa shape index (κ2) is 6.02. The molecular weight excluding hydrogens is 281 g/mol. The van der Waals surface area contributed by atoms with Gasteiger partial charge in [0.1, 0.15) is 5.82 Å². The fraction of sp³-hybridized carbons (Fsp3) is 0.286. The topological polar surface area (TPSA) is 98.1 Å². The number of carboxylic acids is 1. The summed E-state index contributed by atoms with van der Waals surface area (Å²) in [6, 6.07) is 3.66. The molecule has 1 aromatic rings. The largest absolute Gasteiger partial charge is 0.478 e. The highest BCUT2D eigenvalue weighted by Gasteiger charge is 2.33. The zero-order valence-electron chi connectivity index (χ0n) is 10.9. The summed E-state index contributed by atoms with van der Waals surface area (Å²) in [6.07, 6.45) is -0.115. The molecule has 0 radical (unpaired) electrons. The van der Waals surface area contributed by atoms with Gasteiger partial charge in [-0.3, -0.25) is 4.79 Å². The van der Waals surface area contributed by atoms with Crippen LogP contribution in [0.4, 0.5) is 4.39 Å². The molecule has 1 amide bonds. The average molecular weight is 295 g/mol. The van der Waals surface area contributed by atoms with Gasteiger partial charge in [-0.2, -0.15) is 0 Å². The normalized spacial score (nSPS) is 22.0. The maximum Gasteiger partial charge on any atom is 0.328 e. The van der Waals surface area contributed by atoms with Gasteiger partial charge >= 0.3 is 5.97 Å². The number of aliphatic hydroxyl groups is 2. The summed E-state index contributed by atoms with van der Waals surface area (Å²) in [5.74, 6) is -2.42. The molecule has 0 spiro atoms. The Hall–Kier alpha value is -2.25. The van der Waals surface area contributed by atoms with Gasteiger partial charge < -0.3 is 20.2 Å². The maximum absolute atomic E-state index is 13.8. The lowest BCUT2D eigenvalue weighted by molar-refractivity contribution is -0.131. The minimum Gasteiger partial charge on any atom is -0.478 e. The lowest BCUT2D eigenvalue weighted by Crippen LogP contribution is -2.29. The number of carbonyl (C=O) groups excluding carboxylic acids is 1. The number of amides is 1. The van der Waals surface area contributed by atoms with Gasteiger partial charge in [0.15, 0.2) is 0 Å². The van der Waals surface area contributed by atoms with Gasteiger partial charge in [0.05, 0.1) is 12.2 Å². The third kappa shape index (κ3) is 3.45. The molecule has 1 aliphatic heterocycles. The van der Waals surface area contributed by atoms with Gasteiger partial charge in [0.25, 0.3) is 5.91 Å². The number of carbonyl (C=O) groups is 2. The SMILES string of the molecule is O=C(O)/C=C/c1ccc(C(=O)N2CC(O)C(O)C2)cc1F. The summed E-state index contributed by atoms with van der Waals surface area (Å²) in [7, 11) is 0. The lowest BCUT2D eigenvalue weighted by atomic mass is 10.1. The number of hydrogen-bond donors (Lipinski definition) is 3. The molecule has 2 unspecified atom stereocenters. The minimum absolute atomic E-state index is 0.0116. The van der Waals surface area contributed by atoms with Crippen LogP contribution >= 0.6 is 0 Å². The predicted molar refractivity (Wildman–Crippen MR) is 71.0 cm³/mol. The maximum atomic E-state index is 13.8. The number of hydrogen-bond acceptors (Lipinski definition) is 4. The summed E-state index contributed by atoms with van der Waals surface area (Å²) in [5, 5.41) is 27.3. The molecule has 6 nitrogen and oxygen atoms in total. The molecular formula is C14H14FNO5. The van der Waals surface area contributed by atoms with Crippen LogP contribution in [0.15, 0.2) is 24.3 Å². The first-order valence-corrected chi connectivity index (χ1v) is 6.24. The van der Waals surface area contributed by atoms with Crippen LogP contribution in [0.5, 0.6) is 0 Å². The van der Waals surface area contributed by atoms with Crippen molar-refractivity contribution in [1.82, 2.24) is 4.90 Å². The number of aliphatic carboxylic acids is 1. The van der Waals surface area contributed by atoms with E-state index >= 15 is 0 Å². The summed E-state index contributed by atoms with van der Waals surface area (Å²) < 4.78 is 13.8. The number of β-amino-alcohol motifs (C(OH)–C–C–N with tert-alkyl or cyclic N) is 2. The highest BCUT2D eigenvalue weighted by Crippen LogP contribution is 2.17. The van der Waals surface area contributed by atoms with E-state index in [2.05, 4.69) is 0 Å². The van der Waals surface area contributed by atoms with Gasteiger partial charge in [-0.25, -0.2) is 9.18 Å². The molecule has 7 heteroatoms. The van der Waals surface area contributed by atoms with E-state index in [1.807, 2.05) is 0 Å². The van der Waals surface area contributed by atoms with Crippen molar-refractivity contribution in [2.45, 2.75) is 12.2 Å². The third-order valence-corrected chi connectivity index (χ3v) is 3.20. The molecule has 0 saturated carbocycles. The van der Waals surface area contributed by atoms with Crippen molar-refractivity contribution in [3.05, 3.63) is 41.2 Å². The van der Waals surface area contributed by atoms with Crippen molar-refractivity contribution >= 4 is 18.0 Å². The number of likely N-dealkylation sites (tertiary alicyclic amines) is 1. The van der Waals surface area contributed by atoms with Crippen LogP contribution in [0.2, 0.25) is 0 Å².